The Hall–Kier alpha value is -2.59. The average Bonchev–Trinajstić information content (AvgIpc) is 2.84. The van der Waals surface area contributed by atoms with E-state index in [-0.39, 0.29) is 22.5 Å². The fraction of sp³-hybridized carbons (Fsp3) is 0.444. The van der Waals surface area contributed by atoms with Gasteiger partial charge in [0.1, 0.15) is 5.75 Å². The molecule has 4 heteroatoms. The van der Waals surface area contributed by atoms with Gasteiger partial charge in [-0.3, -0.25) is 0 Å². The molecule has 0 spiro atoms. The highest BCUT2D eigenvalue weighted by Crippen LogP contribution is 2.58. The van der Waals surface area contributed by atoms with E-state index in [2.05, 4.69) is 32.9 Å². The lowest BCUT2D eigenvalue weighted by molar-refractivity contribution is 0.00835. The van der Waals surface area contributed by atoms with Crippen molar-refractivity contribution in [2.24, 2.45) is 0 Å². The second kappa shape index (κ2) is 8.16. The predicted molar refractivity (Wildman–Crippen MR) is 124 cm³/mol. The average molecular weight is 421 g/mol. The third-order valence-electron chi connectivity index (χ3n) is 7.35. The molecule has 0 saturated heterocycles. The Bertz CT molecular complexity index is 1010. The van der Waals surface area contributed by atoms with Crippen LogP contribution in [0.4, 0.5) is 0 Å². The maximum atomic E-state index is 11.2. The molecule has 3 unspecified atom stereocenters. The van der Waals surface area contributed by atoms with Crippen LogP contribution < -0.4 is 4.74 Å². The zero-order chi connectivity index (χ0) is 22.2. The monoisotopic (exact) mass is 420 g/mol. The molecule has 0 heterocycles. The molecule has 2 N–H and O–H groups in total. The van der Waals surface area contributed by atoms with Crippen molar-refractivity contribution in [2.75, 3.05) is 6.61 Å². The predicted octanol–water partition coefficient (Wildman–Crippen LogP) is 5.81. The molecule has 3 atom stereocenters. The molecule has 0 amide bonds. The minimum Gasteiger partial charge on any atom is -0.493 e. The van der Waals surface area contributed by atoms with Crippen molar-refractivity contribution in [1.82, 2.24) is 0 Å². The van der Waals surface area contributed by atoms with E-state index in [9.17, 15) is 9.90 Å². The molecule has 2 aliphatic carbocycles. The van der Waals surface area contributed by atoms with Crippen LogP contribution in [0.2, 0.25) is 0 Å². The van der Waals surface area contributed by atoms with Crippen molar-refractivity contribution >= 4 is 18.1 Å². The van der Waals surface area contributed by atoms with Crippen molar-refractivity contribution in [1.29, 1.82) is 0 Å². The lowest BCUT2D eigenvalue weighted by Crippen LogP contribution is -2.46. The van der Waals surface area contributed by atoms with E-state index in [0.29, 0.717) is 6.61 Å². The number of carboxylic acid groups (broad SMARTS) is 1. The van der Waals surface area contributed by atoms with E-state index >= 15 is 0 Å². The van der Waals surface area contributed by atoms with Gasteiger partial charge in [0.15, 0.2) is 0 Å². The lowest BCUT2D eigenvalue weighted by Gasteiger charge is -2.41. The number of aliphatic hydroxyl groups is 1. The molecule has 164 valence electrons. The van der Waals surface area contributed by atoms with Crippen molar-refractivity contribution in [3.63, 3.8) is 0 Å². The summed E-state index contributed by atoms with van der Waals surface area (Å²) in [6.45, 7) is 7.20. The van der Waals surface area contributed by atoms with Gasteiger partial charge in [-0.15, -0.1) is 0 Å². The van der Waals surface area contributed by atoms with E-state index in [1.165, 1.54) is 11.1 Å². The molecule has 1 saturated carbocycles. The maximum Gasteiger partial charge on any atom is 0.335 e. The first-order valence-electron chi connectivity index (χ1n) is 11.3. The van der Waals surface area contributed by atoms with Gasteiger partial charge >= 0.3 is 5.97 Å². The lowest BCUT2D eigenvalue weighted by atomic mass is 9.66. The molecule has 2 bridgehead atoms. The van der Waals surface area contributed by atoms with Crippen LogP contribution in [0.5, 0.6) is 5.75 Å². The van der Waals surface area contributed by atoms with Crippen LogP contribution in [0.15, 0.2) is 36.4 Å². The molecule has 2 aliphatic rings. The number of aromatic carboxylic acids is 1. The summed E-state index contributed by atoms with van der Waals surface area (Å²) in [7, 11) is 0. The Morgan fingerprint density at radius 2 is 1.74 bits per heavy atom. The molecule has 4 rings (SSSR count). The van der Waals surface area contributed by atoms with Crippen LogP contribution in [-0.4, -0.2) is 28.9 Å². The number of ether oxygens (including phenoxy) is 1. The van der Waals surface area contributed by atoms with E-state index in [4.69, 9.17) is 9.84 Å². The van der Waals surface area contributed by atoms with E-state index in [1.54, 1.807) is 12.1 Å². The first-order valence-corrected chi connectivity index (χ1v) is 11.3. The molecule has 2 aromatic carbocycles. The van der Waals surface area contributed by atoms with Crippen molar-refractivity contribution < 1.29 is 19.7 Å². The molecule has 0 aromatic heterocycles. The number of rotatable bonds is 7. The van der Waals surface area contributed by atoms with Gasteiger partial charge in [0, 0.05) is 16.4 Å². The van der Waals surface area contributed by atoms with Crippen LogP contribution in [-0.2, 0) is 10.8 Å². The Balaban J connectivity index is 1.74. The molecule has 0 aliphatic heterocycles. The van der Waals surface area contributed by atoms with Gasteiger partial charge in [0.05, 0.1) is 18.3 Å². The van der Waals surface area contributed by atoms with Crippen LogP contribution in [0.25, 0.3) is 12.2 Å². The van der Waals surface area contributed by atoms with E-state index in [1.807, 2.05) is 24.3 Å². The Morgan fingerprint density at radius 1 is 1.10 bits per heavy atom. The summed E-state index contributed by atoms with van der Waals surface area (Å²) < 4.78 is 6.19. The number of hydrogen-bond donors (Lipinski definition) is 2. The topological polar surface area (TPSA) is 66.8 Å². The standard InChI is InChI=1S/C27H32O4/c1-4-5-15-31-23-17-22-21(26(2)13-6-14-27(22,3)25(26)30)16-20(23)12-9-18-7-10-19(11-8-18)24(28)29/h7-12,16-17,25,30H,4-6,13-15H2,1-3H3,(H,28,29)/b12-9+. The Labute approximate surface area is 184 Å². The summed E-state index contributed by atoms with van der Waals surface area (Å²) in [5, 5.41) is 20.3. The molecular weight excluding hydrogens is 388 g/mol. The molecule has 2 aromatic rings. The number of carboxylic acids is 1. The molecule has 31 heavy (non-hydrogen) atoms. The largest absolute Gasteiger partial charge is 0.493 e. The van der Waals surface area contributed by atoms with Crippen molar-refractivity contribution in [3.8, 4) is 5.75 Å². The van der Waals surface area contributed by atoms with Gasteiger partial charge in [0.2, 0.25) is 0 Å². The van der Waals surface area contributed by atoms with Gasteiger partial charge in [-0.1, -0.05) is 57.9 Å². The number of unbranched alkanes of at least 4 members (excludes halogenated alkanes) is 1. The van der Waals surface area contributed by atoms with Gasteiger partial charge in [-0.25, -0.2) is 4.79 Å². The summed E-state index contributed by atoms with van der Waals surface area (Å²) in [5.41, 5.74) is 4.23. The van der Waals surface area contributed by atoms with Gasteiger partial charge in [-0.05, 0) is 60.2 Å². The number of hydrogen-bond acceptors (Lipinski definition) is 3. The number of fused-ring (bicyclic) bond motifs is 5. The second-order valence-corrected chi connectivity index (χ2v) is 9.49. The fourth-order valence-corrected chi connectivity index (χ4v) is 5.41. The zero-order valence-corrected chi connectivity index (χ0v) is 18.6. The summed E-state index contributed by atoms with van der Waals surface area (Å²) >= 11 is 0. The normalized spacial score (nSPS) is 26.8. The third kappa shape index (κ3) is 3.67. The van der Waals surface area contributed by atoms with E-state index in [0.717, 1.165) is 49.0 Å². The number of carbonyl (C=O) groups is 1. The SMILES string of the molecule is CCCCOc1cc2c(cc1/C=C/c1ccc(C(=O)O)cc1)C1(C)CCCC2(C)C1O. The first kappa shape index (κ1) is 21.6. The molecule has 0 radical (unpaired) electrons. The summed E-state index contributed by atoms with van der Waals surface area (Å²) in [6.07, 6.45) is 8.82. The van der Waals surface area contributed by atoms with Gasteiger partial charge < -0.3 is 14.9 Å². The van der Waals surface area contributed by atoms with Crippen LogP contribution in [0.3, 0.4) is 0 Å². The molecule has 1 fully saturated rings. The van der Waals surface area contributed by atoms with Gasteiger partial charge in [-0.2, -0.15) is 0 Å². The zero-order valence-electron chi connectivity index (χ0n) is 18.6. The summed E-state index contributed by atoms with van der Waals surface area (Å²) in [5.74, 6) is -0.0673. The van der Waals surface area contributed by atoms with E-state index < -0.39 is 5.97 Å². The third-order valence-corrected chi connectivity index (χ3v) is 7.35. The maximum absolute atomic E-state index is 11.2. The van der Waals surface area contributed by atoms with Crippen LogP contribution in [0, 0.1) is 0 Å². The minimum atomic E-state index is -0.924. The quantitative estimate of drug-likeness (QED) is 0.438. The van der Waals surface area contributed by atoms with Crippen LogP contribution >= 0.6 is 0 Å². The number of benzene rings is 2. The van der Waals surface area contributed by atoms with Crippen molar-refractivity contribution in [3.05, 3.63) is 64.2 Å². The molecular formula is C27H32O4. The van der Waals surface area contributed by atoms with Crippen molar-refractivity contribution in [2.45, 2.75) is 69.8 Å². The fourth-order valence-electron chi connectivity index (χ4n) is 5.41. The van der Waals surface area contributed by atoms with Gasteiger partial charge in [0.25, 0.3) is 0 Å². The summed E-state index contributed by atoms with van der Waals surface area (Å²) in [6, 6.07) is 11.2. The van der Waals surface area contributed by atoms with Crippen LogP contribution in [0.1, 0.15) is 85.5 Å². The highest BCUT2D eigenvalue weighted by Gasteiger charge is 2.57. The highest BCUT2D eigenvalue weighted by atomic mass is 16.5. The Kier molecular flexibility index (Phi) is 5.69. The smallest absolute Gasteiger partial charge is 0.335 e. The minimum absolute atomic E-state index is 0.222. The second-order valence-electron chi connectivity index (χ2n) is 9.49. The highest BCUT2D eigenvalue weighted by molar-refractivity contribution is 5.88. The number of aliphatic hydroxyl groups excluding tert-OH is 1. The first-order chi connectivity index (χ1) is 14.8. The Morgan fingerprint density at radius 3 is 2.35 bits per heavy atom. The molecule has 4 nitrogen and oxygen atoms in total. The summed E-state index contributed by atoms with van der Waals surface area (Å²) in [4.78, 5) is 11.1.